The van der Waals surface area contributed by atoms with Crippen molar-refractivity contribution in [3.8, 4) is 0 Å². The summed E-state index contributed by atoms with van der Waals surface area (Å²) in [5, 5.41) is 49.6. The largest absolute Gasteiger partial charge is 0.480 e. The second-order valence-electron chi connectivity index (χ2n) is 24.7. The summed E-state index contributed by atoms with van der Waals surface area (Å²) in [4.78, 5) is 138. The van der Waals surface area contributed by atoms with Crippen LogP contribution in [0.1, 0.15) is 190 Å². The molecular formula is C57H98N10O13. The molecule has 0 bridgehead atoms. The molecule has 0 aromatic heterocycles. The average molecular weight is 1130 g/mol. The van der Waals surface area contributed by atoms with Gasteiger partial charge >= 0.3 is 5.97 Å². The van der Waals surface area contributed by atoms with Gasteiger partial charge in [-0.15, -0.1) is 0 Å². The van der Waals surface area contributed by atoms with Crippen molar-refractivity contribution < 1.29 is 63.3 Å². The molecule has 1 aliphatic heterocycles. The van der Waals surface area contributed by atoms with Crippen molar-refractivity contribution in [3.05, 3.63) is 0 Å². The molecule has 0 aromatic rings. The number of carbonyl (C=O) groups excluding carboxylic acids is 9. The lowest BCUT2D eigenvalue weighted by atomic mass is 9.82. The number of carbonyl (C=O) groups is 10. The minimum atomic E-state index is -1.38. The summed E-state index contributed by atoms with van der Waals surface area (Å²) in [6.45, 7) is 12.4. The highest BCUT2D eigenvalue weighted by atomic mass is 16.4. The predicted octanol–water partition coefficient (Wildman–Crippen LogP) is 1.67. The van der Waals surface area contributed by atoms with Crippen molar-refractivity contribution >= 4 is 59.1 Å². The fourth-order valence-corrected chi connectivity index (χ4v) is 11.8. The molecule has 3 aliphatic carbocycles. The van der Waals surface area contributed by atoms with Gasteiger partial charge in [-0.3, -0.25) is 43.2 Å². The summed E-state index contributed by atoms with van der Waals surface area (Å²) in [6.07, 6.45) is 9.46. The van der Waals surface area contributed by atoms with E-state index in [2.05, 4.69) is 37.2 Å². The van der Waals surface area contributed by atoms with Crippen LogP contribution in [-0.4, -0.2) is 152 Å². The Labute approximate surface area is 472 Å². The smallest absolute Gasteiger partial charge is 0.326 e. The van der Waals surface area contributed by atoms with E-state index in [4.69, 9.17) is 11.5 Å². The van der Waals surface area contributed by atoms with Gasteiger partial charge in [0.15, 0.2) is 0 Å². The average Bonchev–Trinajstić information content (AvgIpc) is 3.89. The minimum absolute atomic E-state index is 0.0681. The Kier molecular flexibility index (Phi) is 27.6. The number of nitrogens with two attached hydrogens (primary N) is 2. The first-order valence-electron chi connectivity index (χ1n) is 29.8. The van der Waals surface area contributed by atoms with Gasteiger partial charge in [0.1, 0.15) is 48.3 Å². The normalized spacial score (nSPS) is 23.8. The fraction of sp³-hybridized carbons (Fsp3) is 0.825. The molecular weight excluding hydrogens is 1030 g/mol. The van der Waals surface area contributed by atoms with Crippen LogP contribution in [0.4, 0.5) is 0 Å². The number of carboxylic acid groups (broad SMARTS) is 1. The third kappa shape index (κ3) is 22.1. The van der Waals surface area contributed by atoms with Gasteiger partial charge in [0, 0.05) is 13.0 Å². The van der Waals surface area contributed by atoms with Gasteiger partial charge in [0.25, 0.3) is 0 Å². The molecule has 23 heteroatoms. The summed E-state index contributed by atoms with van der Waals surface area (Å²) in [6, 6.07) is -10.4. The van der Waals surface area contributed by atoms with E-state index in [0.29, 0.717) is 70.1 Å². The van der Waals surface area contributed by atoms with E-state index in [0.717, 1.165) is 32.1 Å². The lowest BCUT2D eigenvalue weighted by molar-refractivity contribution is -0.145. The van der Waals surface area contributed by atoms with Crippen LogP contribution < -0.4 is 48.7 Å². The van der Waals surface area contributed by atoms with Crippen LogP contribution in [0.25, 0.3) is 0 Å². The Morgan fingerprint density at radius 1 is 0.500 bits per heavy atom. The van der Waals surface area contributed by atoms with E-state index in [1.807, 2.05) is 27.7 Å². The molecule has 9 unspecified atom stereocenters. The van der Waals surface area contributed by atoms with Crippen molar-refractivity contribution in [2.24, 2.45) is 47.0 Å². The van der Waals surface area contributed by atoms with Gasteiger partial charge in [-0.05, 0) is 145 Å². The maximum atomic E-state index is 14.8. The molecule has 80 heavy (non-hydrogen) atoms. The van der Waals surface area contributed by atoms with Crippen molar-refractivity contribution in [2.75, 3.05) is 6.54 Å². The molecule has 1 heterocycles. The monoisotopic (exact) mass is 1130 g/mol. The standard InChI is InChI=1S/C57H98N10O13/c1-31(2)26-42(62-49(71)40(58)28-35-12-9-8-10-13-35)52(74)61-41(23-24-47(59)70)50(72)63-43(27-32(3)4)53(75)65-45(30-37-17-21-39(69)22-18-37)54(76)64-44(29-36-15-19-38(68)20-16-36)51(73)60-34(7)56(78)67-25-11-14-46(67)55(77)66-48(33(5)6)57(79)80/h31-46,48,68-69H,8-30,58H2,1-7H3,(H2,59,70)(H,60,73)(H,61,74)(H,62,71)(H,63,72)(H,64,76)(H,65,75)(H,66,77)(H,79,80). The van der Waals surface area contributed by atoms with Crippen LogP contribution >= 0.6 is 0 Å². The van der Waals surface area contributed by atoms with Crippen LogP contribution in [0.3, 0.4) is 0 Å². The lowest BCUT2D eigenvalue weighted by Gasteiger charge is -2.33. The Hall–Kier alpha value is -5.42. The Balaban J connectivity index is 1.57. The van der Waals surface area contributed by atoms with Crippen LogP contribution in [0.15, 0.2) is 0 Å². The molecule has 23 nitrogen and oxygen atoms in total. The third-order valence-corrected chi connectivity index (χ3v) is 16.5. The molecule has 4 rings (SSSR count). The zero-order valence-corrected chi connectivity index (χ0v) is 48.6. The number of nitrogens with one attached hydrogen (secondary N) is 7. The topological polar surface area (TPSA) is 371 Å². The van der Waals surface area contributed by atoms with E-state index in [1.165, 1.54) is 11.8 Å². The van der Waals surface area contributed by atoms with Crippen molar-refractivity contribution in [3.63, 3.8) is 0 Å². The number of nitrogens with zero attached hydrogens (tertiary/aromatic N) is 1. The van der Waals surface area contributed by atoms with Crippen LogP contribution in [-0.2, 0) is 47.9 Å². The zero-order chi connectivity index (χ0) is 59.4. The first-order chi connectivity index (χ1) is 37.7. The molecule has 4 fully saturated rings. The first-order valence-corrected chi connectivity index (χ1v) is 29.8. The van der Waals surface area contributed by atoms with Gasteiger partial charge in [-0.25, -0.2) is 4.79 Å². The number of hydrogen-bond acceptors (Lipinski definition) is 13. The second-order valence-corrected chi connectivity index (χ2v) is 24.7. The Morgan fingerprint density at radius 2 is 0.925 bits per heavy atom. The van der Waals surface area contributed by atoms with Gasteiger partial charge in [0.2, 0.25) is 53.2 Å². The lowest BCUT2D eigenvalue weighted by Crippen LogP contribution is -2.60. The Bertz CT molecular complexity index is 2090. The Morgan fingerprint density at radius 3 is 1.39 bits per heavy atom. The number of carboxylic acids is 1. The fourth-order valence-electron chi connectivity index (χ4n) is 11.8. The van der Waals surface area contributed by atoms with Crippen molar-refractivity contribution in [1.29, 1.82) is 0 Å². The first kappa shape index (κ1) is 67.1. The predicted molar refractivity (Wildman–Crippen MR) is 298 cm³/mol. The molecule has 3 saturated carbocycles. The number of aliphatic hydroxyl groups is 2. The molecule has 0 aromatic carbocycles. The van der Waals surface area contributed by atoms with Crippen molar-refractivity contribution in [2.45, 2.75) is 256 Å². The molecule has 9 atom stereocenters. The quantitative estimate of drug-likeness (QED) is 0.0487. The highest BCUT2D eigenvalue weighted by Gasteiger charge is 2.41. The van der Waals surface area contributed by atoms with Gasteiger partial charge < -0.3 is 68.9 Å². The number of hydrogen-bond donors (Lipinski definition) is 12. The molecule has 1 saturated heterocycles. The van der Waals surface area contributed by atoms with Crippen LogP contribution in [0.5, 0.6) is 0 Å². The summed E-state index contributed by atoms with van der Waals surface area (Å²) >= 11 is 0. The summed E-state index contributed by atoms with van der Waals surface area (Å²) in [7, 11) is 0. The number of amides is 9. The second kappa shape index (κ2) is 32.9. The van der Waals surface area contributed by atoms with Crippen LogP contribution in [0.2, 0.25) is 0 Å². The maximum Gasteiger partial charge on any atom is 0.326 e. The van der Waals surface area contributed by atoms with Crippen LogP contribution in [0, 0.1) is 35.5 Å². The molecule has 0 spiro atoms. The summed E-state index contributed by atoms with van der Waals surface area (Å²) in [5.41, 5.74) is 11.9. The third-order valence-electron chi connectivity index (χ3n) is 16.5. The van der Waals surface area contributed by atoms with Gasteiger partial charge in [0.05, 0.1) is 18.2 Å². The highest BCUT2D eigenvalue weighted by Crippen LogP contribution is 2.31. The number of likely N-dealkylation sites (tertiary alicyclic amines) is 1. The van der Waals surface area contributed by atoms with E-state index in [9.17, 15) is 63.3 Å². The minimum Gasteiger partial charge on any atom is -0.480 e. The number of aliphatic carboxylic acids is 1. The molecule has 0 radical (unpaired) electrons. The van der Waals surface area contributed by atoms with E-state index in [1.54, 1.807) is 13.8 Å². The number of primary amides is 1. The summed E-state index contributed by atoms with van der Waals surface area (Å²) < 4.78 is 0. The molecule has 4 aliphatic rings. The van der Waals surface area contributed by atoms with E-state index >= 15 is 0 Å². The zero-order valence-electron chi connectivity index (χ0n) is 48.6. The van der Waals surface area contributed by atoms with E-state index < -0.39 is 132 Å². The van der Waals surface area contributed by atoms with Gasteiger partial charge in [-0.2, -0.15) is 0 Å². The molecule has 454 valence electrons. The molecule has 9 amide bonds. The maximum absolute atomic E-state index is 14.8. The summed E-state index contributed by atoms with van der Waals surface area (Å²) in [5.74, 6) is -7.95. The highest BCUT2D eigenvalue weighted by molar-refractivity contribution is 5.98. The number of aliphatic hydroxyl groups excluding tert-OH is 2. The molecule has 14 N–H and O–H groups in total. The number of rotatable bonds is 30. The van der Waals surface area contributed by atoms with Crippen molar-refractivity contribution in [1.82, 2.24) is 42.1 Å². The van der Waals surface area contributed by atoms with E-state index in [-0.39, 0.29) is 75.2 Å². The van der Waals surface area contributed by atoms with Gasteiger partial charge in [-0.1, -0.05) is 73.6 Å². The SMILES string of the molecule is CC(C)CC(NC(=O)C(N)CC1CCCCC1)C(=O)NC(CCC(N)=O)C(=O)NC(CC(C)C)C(=O)NC(CC1CCC(O)CC1)C(=O)NC(CC1CCC(O)CC1)C(=O)NC(C)C(=O)N1CCCC1C(=O)NC(C(=O)O)C(C)C.